The van der Waals surface area contributed by atoms with Crippen LogP contribution in [0.2, 0.25) is 0 Å². The van der Waals surface area contributed by atoms with Crippen LogP contribution in [0, 0.1) is 12.8 Å². The van der Waals surface area contributed by atoms with Crippen molar-refractivity contribution >= 4 is 17.0 Å². The highest BCUT2D eigenvalue weighted by atomic mass is 15.3. The van der Waals surface area contributed by atoms with Gasteiger partial charge in [0.25, 0.3) is 0 Å². The first kappa shape index (κ1) is 14.8. The maximum atomic E-state index is 4.73. The van der Waals surface area contributed by atoms with E-state index in [1.165, 1.54) is 0 Å². The Morgan fingerprint density at radius 3 is 2.92 bits per heavy atom. The molecule has 1 N–H and O–H groups in total. The van der Waals surface area contributed by atoms with Gasteiger partial charge in [0, 0.05) is 30.3 Å². The van der Waals surface area contributed by atoms with E-state index < -0.39 is 0 Å². The first-order valence-electron chi connectivity index (χ1n) is 8.24. The normalized spacial score (nSPS) is 13.8. The number of hydrogen-bond acceptors (Lipinski definition) is 5. The molecule has 4 rings (SSSR count). The van der Waals surface area contributed by atoms with E-state index in [1.54, 1.807) is 0 Å². The summed E-state index contributed by atoms with van der Waals surface area (Å²) in [6.07, 6.45) is 6.75. The van der Waals surface area contributed by atoms with Crippen LogP contribution in [0.4, 0.5) is 5.82 Å². The third kappa shape index (κ3) is 2.54. The summed E-state index contributed by atoms with van der Waals surface area (Å²) in [7, 11) is 0. The summed E-state index contributed by atoms with van der Waals surface area (Å²) in [6, 6.07) is 4.00. The van der Waals surface area contributed by atoms with Gasteiger partial charge >= 0.3 is 0 Å². The van der Waals surface area contributed by atoms with E-state index >= 15 is 0 Å². The number of aromatic nitrogens is 5. The van der Waals surface area contributed by atoms with Gasteiger partial charge in [0.2, 0.25) is 0 Å². The van der Waals surface area contributed by atoms with Crippen LogP contribution in [-0.2, 0) is 6.42 Å². The van der Waals surface area contributed by atoms with Crippen molar-refractivity contribution in [3.8, 4) is 0 Å². The number of aryl methyl sites for hydroxylation is 1. The van der Waals surface area contributed by atoms with Gasteiger partial charge in [0.1, 0.15) is 11.6 Å². The molecular formula is C18H20N6. The summed E-state index contributed by atoms with van der Waals surface area (Å²) in [5.74, 6) is 2.31. The van der Waals surface area contributed by atoms with Gasteiger partial charge in [-0.25, -0.2) is 19.5 Å². The van der Waals surface area contributed by atoms with Crippen molar-refractivity contribution < 1.29 is 0 Å². The molecule has 0 unspecified atom stereocenters. The SMILES string of the molecule is Cc1cnc2ccc(C3=CCNc4nc(CC(C)C)ncc43)nn12. The van der Waals surface area contributed by atoms with E-state index in [1.807, 2.05) is 36.0 Å². The zero-order valence-electron chi connectivity index (χ0n) is 14.1. The van der Waals surface area contributed by atoms with E-state index in [-0.39, 0.29) is 0 Å². The molecule has 24 heavy (non-hydrogen) atoms. The lowest BCUT2D eigenvalue weighted by atomic mass is 10.0. The Bertz CT molecular complexity index is 938. The van der Waals surface area contributed by atoms with Crippen LogP contribution >= 0.6 is 0 Å². The number of fused-ring (bicyclic) bond motifs is 2. The van der Waals surface area contributed by atoms with Crippen molar-refractivity contribution in [1.29, 1.82) is 0 Å². The van der Waals surface area contributed by atoms with Crippen LogP contribution in [0.5, 0.6) is 0 Å². The Hall–Kier alpha value is -2.76. The monoisotopic (exact) mass is 320 g/mol. The average molecular weight is 320 g/mol. The summed E-state index contributed by atoms with van der Waals surface area (Å²) in [6.45, 7) is 7.09. The minimum absolute atomic E-state index is 0.537. The molecular weight excluding hydrogens is 300 g/mol. The van der Waals surface area contributed by atoms with Gasteiger partial charge in [-0.2, -0.15) is 5.10 Å². The molecule has 0 aliphatic carbocycles. The predicted octanol–water partition coefficient (Wildman–Crippen LogP) is 2.88. The van der Waals surface area contributed by atoms with Crippen LogP contribution < -0.4 is 5.32 Å². The number of hydrogen-bond donors (Lipinski definition) is 1. The molecule has 0 bridgehead atoms. The van der Waals surface area contributed by atoms with Gasteiger partial charge < -0.3 is 5.32 Å². The third-order valence-electron chi connectivity index (χ3n) is 4.10. The standard InChI is InChI=1S/C18H20N6/c1-11(2)8-16-20-10-14-13(6-7-19-18(14)22-16)15-4-5-17-21-9-12(3)24(17)23-15/h4-6,9-11H,7-8H2,1-3H3,(H,19,20,22). The highest BCUT2D eigenvalue weighted by Crippen LogP contribution is 2.30. The fraction of sp³-hybridized carbons (Fsp3) is 0.333. The largest absolute Gasteiger partial charge is 0.366 e. The molecule has 0 spiro atoms. The third-order valence-corrected chi connectivity index (χ3v) is 4.10. The van der Waals surface area contributed by atoms with Crippen LogP contribution in [0.1, 0.15) is 36.6 Å². The summed E-state index contributed by atoms with van der Waals surface area (Å²) in [4.78, 5) is 13.6. The minimum Gasteiger partial charge on any atom is -0.366 e. The molecule has 0 saturated carbocycles. The van der Waals surface area contributed by atoms with Gasteiger partial charge in [0.05, 0.1) is 17.6 Å². The molecule has 3 aromatic heterocycles. The second kappa shape index (κ2) is 5.70. The highest BCUT2D eigenvalue weighted by molar-refractivity contribution is 5.85. The summed E-state index contributed by atoms with van der Waals surface area (Å²) in [5.41, 5.74) is 4.85. The second-order valence-corrected chi connectivity index (χ2v) is 6.53. The van der Waals surface area contributed by atoms with Gasteiger partial charge in [-0.1, -0.05) is 19.9 Å². The molecule has 122 valence electrons. The molecule has 0 amide bonds. The van der Waals surface area contributed by atoms with Crippen molar-refractivity contribution in [1.82, 2.24) is 24.6 Å². The van der Waals surface area contributed by atoms with Crippen molar-refractivity contribution in [3.05, 3.63) is 53.4 Å². The Labute approximate surface area is 140 Å². The quantitative estimate of drug-likeness (QED) is 0.803. The number of rotatable bonds is 3. The maximum absolute atomic E-state index is 4.73. The Morgan fingerprint density at radius 2 is 2.08 bits per heavy atom. The lowest BCUT2D eigenvalue weighted by Gasteiger charge is -2.19. The zero-order chi connectivity index (χ0) is 16.7. The molecule has 3 aromatic rings. The summed E-state index contributed by atoms with van der Waals surface area (Å²) >= 11 is 0. The van der Waals surface area contributed by atoms with E-state index in [0.29, 0.717) is 5.92 Å². The molecule has 0 aromatic carbocycles. The minimum atomic E-state index is 0.537. The van der Waals surface area contributed by atoms with Crippen molar-refractivity contribution in [2.75, 3.05) is 11.9 Å². The van der Waals surface area contributed by atoms with Crippen molar-refractivity contribution in [2.24, 2.45) is 5.92 Å². The molecule has 1 aliphatic heterocycles. The summed E-state index contributed by atoms with van der Waals surface area (Å²) < 4.78 is 1.87. The Kier molecular flexibility index (Phi) is 3.52. The number of nitrogens with zero attached hydrogens (tertiary/aromatic N) is 5. The maximum Gasteiger partial charge on any atom is 0.153 e. The Balaban J connectivity index is 1.76. The number of anilines is 1. The molecule has 0 atom stereocenters. The van der Waals surface area contributed by atoms with Gasteiger partial charge in [-0.05, 0) is 25.0 Å². The second-order valence-electron chi connectivity index (χ2n) is 6.53. The first-order valence-corrected chi connectivity index (χ1v) is 8.24. The van der Waals surface area contributed by atoms with E-state index in [2.05, 4.69) is 40.2 Å². The van der Waals surface area contributed by atoms with Gasteiger partial charge in [-0.3, -0.25) is 0 Å². The fourth-order valence-electron chi connectivity index (χ4n) is 2.95. The number of nitrogens with one attached hydrogen (secondary N) is 1. The van der Waals surface area contributed by atoms with Crippen LogP contribution in [0.25, 0.3) is 11.2 Å². The number of imidazole rings is 1. The molecule has 6 heteroatoms. The lowest BCUT2D eigenvalue weighted by molar-refractivity contribution is 0.621. The fourth-order valence-corrected chi connectivity index (χ4v) is 2.95. The zero-order valence-corrected chi connectivity index (χ0v) is 14.1. The van der Waals surface area contributed by atoms with Crippen LogP contribution in [-0.4, -0.2) is 31.1 Å². The molecule has 6 nitrogen and oxygen atoms in total. The van der Waals surface area contributed by atoms with Crippen LogP contribution in [0.15, 0.2) is 30.6 Å². The average Bonchev–Trinajstić information content (AvgIpc) is 2.94. The topological polar surface area (TPSA) is 68.0 Å². The molecule has 1 aliphatic rings. The highest BCUT2D eigenvalue weighted by Gasteiger charge is 2.18. The van der Waals surface area contributed by atoms with Crippen molar-refractivity contribution in [2.45, 2.75) is 27.2 Å². The van der Waals surface area contributed by atoms with Gasteiger partial charge in [-0.15, -0.1) is 0 Å². The molecule has 0 fully saturated rings. The molecule has 4 heterocycles. The molecule has 0 radical (unpaired) electrons. The van der Waals surface area contributed by atoms with Crippen LogP contribution in [0.3, 0.4) is 0 Å². The molecule has 0 saturated heterocycles. The first-order chi connectivity index (χ1) is 11.6. The van der Waals surface area contributed by atoms with E-state index in [4.69, 9.17) is 5.10 Å². The lowest BCUT2D eigenvalue weighted by Crippen LogP contribution is -2.14. The van der Waals surface area contributed by atoms with Crippen molar-refractivity contribution in [3.63, 3.8) is 0 Å². The van der Waals surface area contributed by atoms with E-state index in [9.17, 15) is 0 Å². The van der Waals surface area contributed by atoms with E-state index in [0.717, 1.165) is 52.8 Å². The Morgan fingerprint density at radius 1 is 1.21 bits per heavy atom. The predicted molar refractivity (Wildman–Crippen MR) is 93.9 cm³/mol. The summed E-state index contributed by atoms with van der Waals surface area (Å²) in [5, 5.41) is 8.08. The van der Waals surface area contributed by atoms with Gasteiger partial charge in [0.15, 0.2) is 5.65 Å². The smallest absolute Gasteiger partial charge is 0.153 e.